The number of hydrogen-bond donors (Lipinski definition) is 0. The first-order valence-electron chi connectivity index (χ1n) is 36.6. The molecule has 3 nitrogen and oxygen atoms in total. The van der Waals surface area contributed by atoms with Crippen LogP contribution in [0.15, 0.2) is 0 Å². The van der Waals surface area contributed by atoms with Gasteiger partial charge in [-0.15, -0.1) is 0 Å². The fourth-order valence-corrected chi connectivity index (χ4v) is 12.7. The molecule has 456 valence electrons. The third kappa shape index (κ3) is 53.2. The summed E-state index contributed by atoms with van der Waals surface area (Å²) in [5.41, 5.74) is 0. The Morgan fingerprint density at radius 3 is 0.697 bits per heavy atom. The molecule has 0 saturated carbocycles. The van der Waals surface area contributed by atoms with Gasteiger partial charge < -0.3 is 14.2 Å². The van der Waals surface area contributed by atoms with Gasteiger partial charge in [0.15, 0.2) is 5.79 Å². The van der Waals surface area contributed by atoms with Crippen molar-refractivity contribution < 1.29 is 14.2 Å². The van der Waals surface area contributed by atoms with E-state index in [9.17, 15) is 0 Å². The zero-order chi connectivity index (χ0) is 54.4. The third-order valence-electron chi connectivity index (χ3n) is 18.0. The Morgan fingerprint density at radius 1 is 0.276 bits per heavy atom. The van der Waals surface area contributed by atoms with Crippen molar-refractivity contribution in [2.24, 2.45) is 0 Å². The number of unbranched alkanes of at least 4 members (excludes halogenated alkanes) is 56. The van der Waals surface area contributed by atoms with Crippen LogP contribution < -0.4 is 0 Å². The highest BCUT2D eigenvalue weighted by Crippen LogP contribution is 2.35. The molecule has 0 aromatic rings. The van der Waals surface area contributed by atoms with Crippen LogP contribution in [0.1, 0.15) is 439 Å². The van der Waals surface area contributed by atoms with Gasteiger partial charge in [0.25, 0.3) is 0 Å². The fraction of sp³-hybridized carbons (Fsp3) is 1.00. The van der Waals surface area contributed by atoms with Crippen molar-refractivity contribution in [3.05, 3.63) is 0 Å². The molecular weight excluding hydrogens is 925 g/mol. The Morgan fingerprint density at radius 2 is 0.474 bits per heavy atom. The summed E-state index contributed by atoms with van der Waals surface area (Å²) in [6.07, 6.45) is 90.3. The molecule has 0 bridgehead atoms. The lowest BCUT2D eigenvalue weighted by Crippen LogP contribution is -2.32. The first-order chi connectivity index (χ1) is 37.7. The summed E-state index contributed by atoms with van der Waals surface area (Å²) in [7, 11) is 0. The zero-order valence-corrected chi connectivity index (χ0v) is 53.5. The summed E-state index contributed by atoms with van der Waals surface area (Å²) in [5.74, 6) is -0.376. The van der Waals surface area contributed by atoms with Crippen molar-refractivity contribution in [2.75, 3.05) is 13.2 Å². The quantitative estimate of drug-likeness (QED) is 0.0568. The normalized spacial score (nSPS) is 14.6. The van der Waals surface area contributed by atoms with Gasteiger partial charge in [-0.2, -0.15) is 0 Å². The van der Waals surface area contributed by atoms with E-state index in [0.717, 1.165) is 26.1 Å². The maximum Gasteiger partial charge on any atom is 0.169 e. The lowest BCUT2D eigenvalue weighted by Gasteiger charge is -2.29. The van der Waals surface area contributed by atoms with Crippen LogP contribution in [0.4, 0.5) is 0 Å². The lowest BCUT2D eigenvalue weighted by atomic mass is 9.98. The minimum atomic E-state index is -0.376. The van der Waals surface area contributed by atoms with Crippen LogP contribution in [-0.4, -0.2) is 31.2 Å². The van der Waals surface area contributed by atoms with Gasteiger partial charge in [-0.3, -0.25) is 0 Å². The van der Waals surface area contributed by atoms with Gasteiger partial charge in [0.05, 0.1) is 19.3 Å². The Bertz CT molecular complexity index is 975. The Labute approximate surface area is 481 Å². The van der Waals surface area contributed by atoms with Crippen LogP contribution in [-0.2, 0) is 14.2 Å². The Balaban J connectivity index is 2.56. The standard InChI is InChI=1S/C73H146O3/c1-5-9-13-17-21-25-29-33-37-41-45-49-53-57-61-65-71(66-62-58-54-50-46-42-38-34-30-26-22-18-14-10-6-2)74-69-72-70-75-73(76-72,67-63-59-55-51-47-43-39-35-31-27-23-19-15-11-7-3)68-64-60-56-52-48-44-40-36-32-28-24-20-16-12-8-4/h71-72H,5-70H2,1-4H3. The molecule has 0 spiro atoms. The fourth-order valence-electron chi connectivity index (χ4n) is 12.7. The highest BCUT2D eigenvalue weighted by atomic mass is 16.7. The molecule has 3 heteroatoms. The van der Waals surface area contributed by atoms with Crippen molar-refractivity contribution in [1.29, 1.82) is 0 Å². The molecule has 1 aliphatic rings. The van der Waals surface area contributed by atoms with Crippen molar-refractivity contribution in [3.63, 3.8) is 0 Å². The van der Waals surface area contributed by atoms with Gasteiger partial charge in [0.1, 0.15) is 6.10 Å². The number of hydrogen-bond acceptors (Lipinski definition) is 3. The summed E-state index contributed by atoms with van der Waals surface area (Å²) < 4.78 is 20.8. The van der Waals surface area contributed by atoms with E-state index in [4.69, 9.17) is 14.2 Å². The van der Waals surface area contributed by atoms with E-state index in [1.54, 1.807) is 0 Å². The van der Waals surface area contributed by atoms with E-state index in [1.165, 1.54) is 398 Å². The van der Waals surface area contributed by atoms with E-state index in [1.807, 2.05) is 0 Å². The maximum absolute atomic E-state index is 7.05. The molecule has 76 heavy (non-hydrogen) atoms. The minimum absolute atomic E-state index is 0.0947. The van der Waals surface area contributed by atoms with Crippen LogP contribution in [0, 0.1) is 0 Å². The molecule has 1 fully saturated rings. The van der Waals surface area contributed by atoms with E-state index in [0.29, 0.717) is 6.10 Å². The molecule has 0 amide bonds. The molecule has 1 unspecified atom stereocenters. The largest absolute Gasteiger partial charge is 0.375 e. The highest BCUT2D eigenvalue weighted by Gasteiger charge is 2.40. The topological polar surface area (TPSA) is 27.7 Å². The van der Waals surface area contributed by atoms with Crippen molar-refractivity contribution in [1.82, 2.24) is 0 Å². The smallest absolute Gasteiger partial charge is 0.169 e. The highest BCUT2D eigenvalue weighted by molar-refractivity contribution is 4.80. The van der Waals surface area contributed by atoms with Gasteiger partial charge in [-0.1, -0.05) is 400 Å². The van der Waals surface area contributed by atoms with Crippen molar-refractivity contribution >= 4 is 0 Å². The molecule has 1 aliphatic heterocycles. The van der Waals surface area contributed by atoms with E-state index in [-0.39, 0.29) is 11.9 Å². The van der Waals surface area contributed by atoms with Gasteiger partial charge in [-0.25, -0.2) is 0 Å². The predicted molar refractivity (Wildman–Crippen MR) is 341 cm³/mol. The van der Waals surface area contributed by atoms with Crippen molar-refractivity contribution in [2.45, 2.75) is 457 Å². The average molecular weight is 1070 g/mol. The second kappa shape index (κ2) is 62.5. The molecule has 0 aromatic carbocycles. The van der Waals surface area contributed by atoms with Gasteiger partial charge in [-0.05, 0) is 25.7 Å². The molecule has 1 heterocycles. The second-order valence-corrected chi connectivity index (χ2v) is 25.8. The molecule has 1 rings (SSSR count). The first kappa shape index (κ1) is 73.9. The zero-order valence-electron chi connectivity index (χ0n) is 53.5. The molecule has 0 aromatic heterocycles. The lowest BCUT2D eigenvalue weighted by molar-refractivity contribution is -0.186. The molecule has 1 atom stereocenters. The monoisotopic (exact) mass is 1070 g/mol. The maximum atomic E-state index is 7.05. The summed E-state index contributed by atoms with van der Waals surface area (Å²) in [6.45, 7) is 10.7. The third-order valence-corrected chi connectivity index (χ3v) is 18.0. The first-order valence-corrected chi connectivity index (χ1v) is 36.6. The predicted octanol–water partition coefficient (Wildman–Crippen LogP) is 26.5. The van der Waals surface area contributed by atoms with Crippen LogP contribution in [0.25, 0.3) is 0 Å². The van der Waals surface area contributed by atoms with Crippen LogP contribution in [0.2, 0.25) is 0 Å². The summed E-state index contributed by atoms with van der Waals surface area (Å²) in [4.78, 5) is 0. The number of rotatable bonds is 67. The molecule has 0 N–H and O–H groups in total. The van der Waals surface area contributed by atoms with Gasteiger partial charge in [0.2, 0.25) is 0 Å². The minimum Gasteiger partial charge on any atom is -0.375 e. The van der Waals surface area contributed by atoms with E-state index in [2.05, 4.69) is 27.7 Å². The summed E-state index contributed by atoms with van der Waals surface area (Å²) in [5, 5.41) is 0. The molecule has 1 saturated heterocycles. The summed E-state index contributed by atoms with van der Waals surface area (Å²) in [6, 6.07) is 0. The number of ether oxygens (including phenoxy) is 3. The van der Waals surface area contributed by atoms with E-state index >= 15 is 0 Å². The van der Waals surface area contributed by atoms with Crippen molar-refractivity contribution in [3.8, 4) is 0 Å². The molecule has 0 aliphatic carbocycles. The Hall–Kier alpha value is -0.120. The van der Waals surface area contributed by atoms with Gasteiger partial charge in [0, 0.05) is 12.8 Å². The average Bonchev–Trinajstić information content (AvgIpc) is 3.84. The van der Waals surface area contributed by atoms with Crippen LogP contribution >= 0.6 is 0 Å². The SMILES string of the molecule is CCCCCCCCCCCCCCCCCC(CCCCCCCCCCCCCCCCC)OCC1COC(CCCCCCCCCCCCCCCCC)(CCCCCCCCCCCCCCCCC)O1. The van der Waals surface area contributed by atoms with Gasteiger partial charge >= 0.3 is 0 Å². The van der Waals surface area contributed by atoms with Crippen LogP contribution in [0.3, 0.4) is 0 Å². The Kier molecular flexibility index (Phi) is 60.7. The molecule has 0 radical (unpaired) electrons. The molecular formula is C73H146O3. The summed E-state index contributed by atoms with van der Waals surface area (Å²) >= 11 is 0. The van der Waals surface area contributed by atoms with Crippen LogP contribution in [0.5, 0.6) is 0 Å². The second-order valence-electron chi connectivity index (χ2n) is 25.8. The van der Waals surface area contributed by atoms with E-state index < -0.39 is 0 Å².